The molecule has 8 nitrogen and oxygen atoms in total. The molecule has 178 valence electrons. The van der Waals surface area contributed by atoms with Gasteiger partial charge in [0.05, 0.1) is 24.9 Å². The van der Waals surface area contributed by atoms with E-state index in [4.69, 9.17) is 9.47 Å². The van der Waals surface area contributed by atoms with Gasteiger partial charge in [0.2, 0.25) is 0 Å². The maximum absolute atomic E-state index is 13.2. The summed E-state index contributed by atoms with van der Waals surface area (Å²) in [6.45, 7) is 1.16. The third-order valence-corrected chi connectivity index (χ3v) is 7.36. The van der Waals surface area contributed by atoms with E-state index in [2.05, 4.69) is 14.7 Å². The second-order valence-corrected chi connectivity index (χ2v) is 9.84. The number of amides is 1. The number of ether oxygens (including phenoxy) is 2. The van der Waals surface area contributed by atoms with Gasteiger partial charge >= 0.3 is 0 Å². The molecule has 5 rings (SSSR count). The van der Waals surface area contributed by atoms with Crippen LogP contribution in [0.3, 0.4) is 0 Å². The third kappa shape index (κ3) is 4.60. The molecule has 35 heavy (non-hydrogen) atoms. The van der Waals surface area contributed by atoms with Crippen LogP contribution in [0, 0.1) is 0 Å². The van der Waals surface area contributed by atoms with Crippen LogP contribution in [-0.2, 0) is 14.8 Å². The van der Waals surface area contributed by atoms with Crippen molar-refractivity contribution in [1.82, 2.24) is 14.7 Å². The van der Waals surface area contributed by atoms with Gasteiger partial charge in [-0.15, -0.1) is 0 Å². The summed E-state index contributed by atoms with van der Waals surface area (Å²) < 4.78 is 39.2. The lowest BCUT2D eigenvalue weighted by atomic mass is 9.99. The van der Waals surface area contributed by atoms with Crippen molar-refractivity contribution in [1.29, 1.82) is 0 Å². The Labute approximate surface area is 203 Å². The number of nitrogens with zero attached hydrogens (tertiary/aromatic N) is 2. The van der Waals surface area contributed by atoms with E-state index in [0.29, 0.717) is 18.7 Å². The molecule has 4 aromatic rings. The maximum Gasteiger partial charge on any atom is 0.283 e. The molecule has 0 spiro atoms. The average molecular weight is 490 g/mol. The molecule has 3 heterocycles. The number of rotatable bonds is 6. The van der Waals surface area contributed by atoms with Gasteiger partial charge in [-0.1, -0.05) is 24.3 Å². The van der Waals surface area contributed by atoms with Crippen LogP contribution in [0.4, 0.5) is 0 Å². The van der Waals surface area contributed by atoms with Gasteiger partial charge in [0, 0.05) is 29.7 Å². The third-order valence-electron chi connectivity index (χ3n) is 6.01. The van der Waals surface area contributed by atoms with E-state index in [1.165, 1.54) is 13.2 Å². The minimum Gasteiger partial charge on any atom is -0.495 e. The maximum atomic E-state index is 13.2. The van der Waals surface area contributed by atoms with Crippen LogP contribution < -0.4 is 9.46 Å². The average Bonchev–Trinajstić information content (AvgIpc) is 3.43. The molecule has 1 N–H and O–H groups in total. The molecular weight excluding hydrogens is 466 g/mol. The molecular formula is C26H23N3O5S. The number of hydrogen-bond acceptors (Lipinski definition) is 7. The standard InChI is InChI=1S/C26H23N3O5S/c1-33-24-11-8-17(18-12-14-34-16-18)15-25(24)35(31,32)29-26(30)23-10-9-20-19(5-4-7-22(20)28-23)21-6-2-3-13-27-21/h2-11,13,15,18H,12,14,16H2,1H3,(H,29,30). The summed E-state index contributed by atoms with van der Waals surface area (Å²) in [7, 11) is -2.83. The van der Waals surface area contributed by atoms with Crippen molar-refractivity contribution >= 4 is 26.8 Å². The summed E-state index contributed by atoms with van der Waals surface area (Å²) >= 11 is 0. The zero-order valence-electron chi connectivity index (χ0n) is 19.0. The van der Waals surface area contributed by atoms with Gasteiger partial charge in [-0.05, 0) is 54.4 Å². The van der Waals surface area contributed by atoms with Crippen molar-refractivity contribution in [3.05, 3.63) is 84.2 Å². The van der Waals surface area contributed by atoms with Crippen molar-refractivity contribution < 1.29 is 22.7 Å². The number of carbonyl (C=O) groups is 1. The van der Waals surface area contributed by atoms with Crippen LogP contribution in [0.2, 0.25) is 0 Å². The molecule has 1 saturated heterocycles. The van der Waals surface area contributed by atoms with Crippen molar-refractivity contribution in [2.24, 2.45) is 0 Å². The Morgan fingerprint density at radius 1 is 1.09 bits per heavy atom. The molecule has 1 fully saturated rings. The fraction of sp³-hybridized carbons (Fsp3) is 0.192. The number of sulfonamides is 1. The Morgan fingerprint density at radius 2 is 1.97 bits per heavy atom. The first-order chi connectivity index (χ1) is 17.0. The number of methoxy groups -OCH3 is 1. The number of hydrogen-bond donors (Lipinski definition) is 1. The molecule has 9 heteroatoms. The van der Waals surface area contributed by atoms with Gasteiger partial charge in [-0.2, -0.15) is 0 Å². The van der Waals surface area contributed by atoms with Crippen LogP contribution in [0.5, 0.6) is 5.75 Å². The second-order valence-electron chi connectivity index (χ2n) is 8.19. The normalized spacial score (nSPS) is 15.7. The molecule has 1 atom stereocenters. The molecule has 0 radical (unpaired) electrons. The molecule has 0 aliphatic carbocycles. The number of fused-ring (bicyclic) bond motifs is 1. The van der Waals surface area contributed by atoms with E-state index in [1.54, 1.807) is 30.5 Å². The molecule has 0 bridgehead atoms. The van der Waals surface area contributed by atoms with Gasteiger partial charge in [0.15, 0.2) is 0 Å². The Balaban J connectivity index is 1.45. The SMILES string of the molecule is COc1ccc(C2CCOC2)cc1S(=O)(=O)NC(=O)c1ccc2c(-c3ccccn3)cccc2n1. The number of benzene rings is 2. The second kappa shape index (κ2) is 9.44. The number of pyridine rings is 2. The summed E-state index contributed by atoms with van der Waals surface area (Å²) in [5, 5.41) is 0.804. The van der Waals surface area contributed by atoms with Gasteiger partial charge in [-0.25, -0.2) is 18.1 Å². The molecule has 1 unspecified atom stereocenters. The first kappa shape index (κ1) is 22.9. The zero-order valence-corrected chi connectivity index (χ0v) is 19.8. The Bertz CT molecular complexity index is 1500. The lowest BCUT2D eigenvalue weighted by Gasteiger charge is -2.15. The smallest absolute Gasteiger partial charge is 0.283 e. The van der Waals surface area contributed by atoms with Crippen molar-refractivity contribution in [2.75, 3.05) is 20.3 Å². The van der Waals surface area contributed by atoms with Gasteiger partial charge in [0.1, 0.15) is 16.3 Å². The van der Waals surface area contributed by atoms with Crippen molar-refractivity contribution in [2.45, 2.75) is 17.2 Å². The Morgan fingerprint density at radius 3 is 2.71 bits per heavy atom. The van der Waals surface area contributed by atoms with Crippen molar-refractivity contribution in [3.8, 4) is 17.0 Å². The number of aromatic nitrogens is 2. The van der Waals surface area contributed by atoms with Crippen LogP contribution in [-0.4, -0.2) is 44.6 Å². The number of nitrogens with one attached hydrogen (secondary N) is 1. The molecule has 1 amide bonds. The largest absolute Gasteiger partial charge is 0.495 e. The highest BCUT2D eigenvalue weighted by Crippen LogP contribution is 2.32. The van der Waals surface area contributed by atoms with E-state index in [1.807, 2.05) is 36.4 Å². The highest BCUT2D eigenvalue weighted by molar-refractivity contribution is 7.90. The first-order valence-electron chi connectivity index (χ1n) is 11.1. The van der Waals surface area contributed by atoms with Crippen LogP contribution in [0.25, 0.3) is 22.2 Å². The lowest BCUT2D eigenvalue weighted by molar-refractivity contribution is 0.0977. The molecule has 0 saturated carbocycles. The van der Waals surface area contributed by atoms with E-state index in [-0.39, 0.29) is 22.3 Å². The fourth-order valence-electron chi connectivity index (χ4n) is 4.21. The summed E-state index contributed by atoms with van der Waals surface area (Å²) in [6.07, 6.45) is 2.51. The topological polar surface area (TPSA) is 107 Å². The van der Waals surface area contributed by atoms with E-state index < -0.39 is 15.9 Å². The van der Waals surface area contributed by atoms with E-state index in [9.17, 15) is 13.2 Å². The highest BCUT2D eigenvalue weighted by Gasteiger charge is 2.26. The number of carbonyl (C=O) groups excluding carboxylic acids is 1. The molecule has 1 aliphatic heterocycles. The van der Waals surface area contributed by atoms with E-state index >= 15 is 0 Å². The van der Waals surface area contributed by atoms with E-state index in [0.717, 1.165) is 28.6 Å². The minimum atomic E-state index is -4.22. The van der Waals surface area contributed by atoms with Crippen LogP contribution >= 0.6 is 0 Å². The van der Waals surface area contributed by atoms with Gasteiger partial charge in [-0.3, -0.25) is 9.78 Å². The quantitative estimate of drug-likeness (QED) is 0.437. The van der Waals surface area contributed by atoms with Gasteiger partial charge < -0.3 is 9.47 Å². The molecule has 1 aliphatic rings. The van der Waals surface area contributed by atoms with Crippen LogP contribution in [0.15, 0.2) is 77.8 Å². The predicted molar refractivity (Wildman–Crippen MR) is 131 cm³/mol. The predicted octanol–water partition coefficient (Wildman–Crippen LogP) is 3.93. The Hall–Kier alpha value is -3.82. The molecule has 2 aromatic carbocycles. The summed E-state index contributed by atoms with van der Waals surface area (Å²) in [6, 6.07) is 19.3. The summed E-state index contributed by atoms with van der Waals surface area (Å²) in [4.78, 5) is 21.6. The first-order valence-corrected chi connectivity index (χ1v) is 12.6. The van der Waals surface area contributed by atoms with Crippen molar-refractivity contribution in [3.63, 3.8) is 0 Å². The zero-order chi connectivity index (χ0) is 24.4. The monoisotopic (exact) mass is 489 g/mol. The fourth-order valence-corrected chi connectivity index (χ4v) is 5.38. The van der Waals surface area contributed by atoms with Gasteiger partial charge in [0.25, 0.3) is 15.9 Å². The molecule has 2 aromatic heterocycles. The lowest BCUT2D eigenvalue weighted by Crippen LogP contribution is -2.31. The highest BCUT2D eigenvalue weighted by atomic mass is 32.2. The Kier molecular flexibility index (Phi) is 6.19. The van der Waals surface area contributed by atoms with Crippen LogP contribution in [0.1, 0.15) is 28.4 Å². The summed E-state index contributed by atoms with van der Waals surface area (Å²) in [5.74, 6) is -0.577. The summed E-state index contributed by atoms with van der Waals surface area (Å²) in [5.41, 5.74) is 3.01. The minimum absolute atomic E-state index is 0.0152.